The van der Waals surface area contributed by atoms with E-state index in [-0.39, 0.29) is 6.61 Å². The van der Waals surface area contributed by atoms with Crippen molar-refractivity contribution >= 4 is 35.1 Å². The molecule has 0 unspecified atom stereocenters. The SMILES string of the molecule is Cc1ccc(-n2nc(C)cc2NC(=O)COC(=O)/C=C/c2ccsc2)cc1. The Morgan fingerprint density at radius 3 is 2.70 bits per heavy atom. The van der Waals surface area contributed by atoms with Crippen LogP contribution in [-0.2, 0) is 14.3 Å². The van der Waals surface area contributed by atoms with Crippen molar-refractivity contribution in [2.24, 2.45) is 0 Å². The van der Waals surface area contributed by atoms with E-state index >= 15 is 0 Å². The summed E-state index contributed by atoms with van der Waals surface area (Å²) in [5, 5.41) is 11.0. The van der Waals surface area contributed by atoms with Gasteiger partial charge in [0, 0.05) is 12.1 Å². The van der Waals surface area contributed by atoms with Gasteiger partial charge in [-0.1, -0.05) is 17.7 Å². The highest BCUT2D eigenvalue weighted by Gasteiger charge is 2.12. The van der Waals surface area contributed by atoms with Crippen LogP contribution in [0.3, 0.4) is 0 Å². The Labute approximate surface area is 161 Å². The lowest BCUT2D eigenvalue weighted by Crippen LogP contribution is -2.21. The lowest BCUT2D eigenvalue weighted by molar-refractivity contribution is -0.142. The number of ether oxygens (including phenoxy) is 1. The molecule has 0 bridgehead atoms. The monoisotopic (exact) mass is 381 g/mol. The highest BCUT2D eigenvalue weighted by molar-refractivity contribution is 7.08. The molecule has 0 aliphatic heterocycles. The van der Waals surface area contributed by atoms with E-state index in [9.17, 15) is 9.59 Å². The van der Waals surface area contributed by atoms with Crippen molar-refractivity contribution in [3.05, 3.63) is 70.1 Å². The summed E-state index contributed by atoms with van der Waals surface area (Å²) in [6.07, 6.45) is 2.95. The molecule has 0 fully saturated rings. The predicted octanol–water partition coefficient (Wildman–Crippen LogP) is 3.75. The maximum Gasteiger partial charge on any atom is 0.331 e. The zero-order valence-corrected chi connectivity index (χ0v) is 15.8. The summed E-state index contributed by atoms with van der Waals surface area (Å²) >= 11 is 1.54. The van der Waals surface area contributed by atoms with Gasteiger partial charge in [-0.3, -0.25) is 4.79 Å². The van der Waals surface area contributed by atoms with Crippen molar-refractivity contribution in [2.45, 2.75) is 13.8 Å². The molecule has 0 atom stereocenters. The number of aryl methyl sites for hydroxylation is 2. The maximum atomic E-state index is 12.1. The summed E-state index contributed by atoms with van der Waals surface area (Å²) in [5.41, 5.74) is 3.65. The molecular formula is C20H19N3O3S. The summed E-state index contributed by atoms with van der Waals surface area (Å²) in [4.78, 5) is 23.9. The minimum atomic E-state index is -0.570. The Bertz CT molecular complexity index is 957. The number of carbonyl (C=O) groups is 2. The zero-order valence-electron chi connectivity index (χ0n) is 15.0. The second-order valence-corrected chi connectivity index (χ2v) is 6.74. The largest absolute Gasteiger partial charge is 0.452 e. The smallest absolute Gasteiger partial charge is 0.331 e. The summed E-state index contributed by atoms with van der Waals surface area (Å²) in [5.74, 6) is -0.480. The van der Waals surface area contributed by atoms with Crippen LogP contribution < -0.4 is 5.32 Å². The number of esters is 1. The van der Waals surface area contributed by atoms with Crippen LogP contribution in [0.2, 0.25) is 0 Å². The Morgan fingerprint density at radius 1 is 1.22 bits per heavy atom. The van der Waals surface area contributed by atoms with E-state index in [2.05, 4.69) is 10.4 Å². The average molecular weight is 381 g/mol. The second kappa shape index (κ2) is 8.46. The third-order valence-electron chi connectivity index (χ3n) is 3.68. The molecule has 6 nitrogen and oxygen atoms in total. The molecule has 2 aromatic heterocycles. The van der Waals surface area contributed by atoms with Gasteiger partial charge in [-0.05, 0) is 54.4 Å². The van der Waals surface area contributed by atoms with Gasteiger partial charge in [0.1, 0.15) is 5.82 Å². The fourth-order valence-corrected chi connectivity index (χ4v) is 3.00. The fraction of sp³-hybridized carbons (Fsp3) is 0.150. The van der Waals surface area contributed by atoms with E-state index in [1.807, 2.05) is 54.9 Å². The van der Waals surface area contributed by atoms with Crippen molar-refractivity contribution in [2.75, 3.05) is 11.9 Å². The molecule has 1 aromatic carbocycles. The van der Waals surface area contributed by atoms with Gasteiger partial charge in [0.2, 0.25) is 0 Å². The molecule has 1 amide bonds. The molecule has 0 radical (unpaired) electrons. The zero-order chi connectivity index (χ0) is 19.2. The first-order valence-corrected chi connectivity index (χ1v) is 9.26. The van der Waals surface area contributed by atoms with E-state index < -0.39 is 11.9 Å². The van der Waals surface area contributed by atoms with Crippen LogP contribution in [0.25, 0.3) is 11.8 Å². The number of benzene rings is 1. The van der Waals surface area contributed by atoms with E-state index in [0.29, 0.717) is 5.82 Å². The number of nitrogens with one attached hydrogen (secondary N) is 1. The number of anilines is 1. The molecule has 27 heavy (non-hydrogen) atoms. The van der Waals surface area contributed by atoms with Crippen molar-refractivity contribution < 1.29 is 14.3 Å². The number of rotatable bonds is 6. The minimum Gasteiger partial charge on any atom is -0.452 e. The lowest BCUT2D eigenvalue weighted by atomic mass is 10.2. The van der Waals surface area contributed by atoms with Crippen molar-refractivity contribution in [3.8, 4) is 5.69 Å². The molecule has 0 aliphatic carbocycles. The van der Waals surface area contributed by atoms with Gasteiger partial charge < -0.3 is 10.1 Å². The molecule has 0 saturated carbocycles. The number of amides is 1. The van der Waals surface area contributed by atoms with Gasteiger partial charge >= 0.3 is 5.97 Å². The van der Waals surface area contributed by atoms with Gasteiger partial charge in [-0.2, -0.15) is 16.4 Å². The number of carbonyl (C=O) groups excluding carboxylic acids is 2. The van der Waals surface area contributed by atoms with E-state index in [1.165, 1.54) is 17.4 Å². The second-order valence-electron chi connectivity index (χ2n) is 5.96. The van der Waals surface area contributed by atoms with Crippen LogP contribution in [0.15, 0.2) is 53.2 Å². The van der Waals surface area contributed by atoms with Crippen LogP contribution >= 0.6 is 11.3 Å². The Kier molecular flexibility index (Phi) is 5.83. The molecule has 0 saturated heterocycles. The van der Waals surface area contributed by atoms with Crippen LogP contribution in [0.1, 0.15) is 16.8 Å². The summed E-state index contributed by atoms with van der Waals surface area (Å²) in [6, 6.07) is 11.4. The standard InChI is InChI=1S/C20H19N3O3S/c1-14-3-6-17(7-4-14)23-18(11-15(2)22-23)21-19(24)12-26-20(25)8-5-16-9-10-27-13-16/h3-11,13H,12H2,1-2H3,(H,21,24)/b8-5+. The van der Waals surface area contributed by atoms with Crippen LogP contribution in [0, 0.1) is 13.8 Å². The van der Waals surface area contributed by atoms with Crippen LogP contribution in [-0.4, -0.2) is 28.3 Å². The first kappa shape index (κ1) is 18.6. The number of hydrogen-bond donors (Lipinski definition) is 1. The molecular weight excluding hydrogens is 362 g/mol. The Morgan fingerprint density at radius 2 is 2.00 bits per heavy atom. The minimum absolute atomic E-state index is 0.370. The molecule has 2 heterocycles. The third kappa shape index (κ3) is 5.15. The van der Waals surface area contributed by atoms with Gasteiger partial charge in [0.25, 0.3) is 5.91 Å². The number of hydrogen-bond acceptors (Lipinski definition) is 5. The normalized spacial score (nSPS) is 10.9. The van der Waals surface area contributed by atoms with E-state index in [4.69, 9.17) is 4.74 Å². The average Bonchev–Trinajstić information content (AvgIpc) is 3.28. The van der Waals surface area contributed by atoms with Crippen molar-refractivity contribution in [1.29, 1.82) is 0 Å². The molecule has 3 aromatic rings. The first-order chi connectivity index (χ1) is 13.0. The molecule has 7 heteroatoms. The van der Waals surface area contributed by atoms with Gasteiger partial charge in [-0.25, -0.2) is 9.48 Å². The molecule has 1 N–H and O–H groups in total. The quantitative estimate of drug-likeness (QED) is 0.521. The van der Waals surface area contributed by atoms with Crippen LogP contribution in [0.4, 0.5) is 5.82 Å². The molecule has 3 rings (SSSR count). The third-order valence-corrected chi connectivity index (χ3v) is 4.38. The van der Waals surface area contributed by atoms with Crippen molar-refractivity contribution in [3.63, 3.8) is 0 Å². The number of nitrogens with zero attached hydrogens (tertiary/aromatic N) is 2. The van der Waals surface area contributed by atoms with E-state index in [0.717, 1.165) is 22.5 Å². The highest BCUT2D eigenvalue weighted by Crippen LogP contribution is 2.17. The molecule has 138 valence electrons. The van der Waals surface area contributed by atoms with Gasteiger partial charge in [-0.15, -0.1) is 0 Å². The van der Waals surface area contributed by atoms with Crippen molar-refractivity contribution in [1.82, 2.24) is 9.78 Å². The number of aromatic nitrogens is 2. The van der Waals surface area contributed by atoms with E-state index in [1.54, 1.807) is 16.8 Å². The summed E-state index contributed by atoms with van der Waals surface area (Å²) < 4.78 is 6.62. The summed E-state index contributed by atoms with van der Waals surface area (Å²) in [7, 11) is 0. The number of thiophene rings is 1. The van der Waals surface area contributed by atoms with Gasteiger partial charge in [0.05, 0.1) is 11.4 Å². The highest BCUT2D eigenvalue weighted by atomic mass is 32.1. The topological polar surface area (TPSA) is 73.2 Å². The fourth-order valence-electron chi connectivity index (χ4n) is 2.37. The summed E-state index contributed by atoms with van der Waals surface area (Å²) in [6.45, 7) is 3.47. The maximum absolute atomic E-state index is 12.1. The first-order valence-electron chi connectivity index (χ1n) is 8.32. The van der Waals surface area contributed by atoms with Gasteiger partial charge in [0.15, 0.2) is 6.61 Å². The molecule has 0 aliphatic rings. The molecule has 0 spiro atoms. The lowest BCUT2D eigenvalue weighted by Gasteiger charge is -2.09. The Balaban J connectivity index is 1.59. The predicted molar refractivity (Wildman–Crippen MR) is 106 cm³/mol. The van der Waals surface area contributed by atoms with Crippen LogP contribution in [0.5, 0.6) is 0 Å². The Hall–Kier alpha value is -3.19.